The van der Waals surface area contributed by atoms with Gasteiger partial charge in [-0.1, -0.05) is 74.0 Å². The summed E-state index contributed by atoms with van der Waals surface area (Å²) in [5, 5.41) is 0. The minimum absolute atomic E-state index is 0.329. The predicted octanol–water partition coefficient (Wildman–Crippen LogP) is 6.47. The van der Waals surface area contributed by atoms with Crippen LogP contribution in [0.3, 0.4) is 0 Å². The van der Waals surface area contributed by atoms with Crippen LogP contribution in [-0.2, 0) is 0 Å². The Kier molecular flexibility index (Phi) is 7.25. The van der Waals surface area contributed by atoms with Gasteiger partial charge in [0.2, 0.25) is 0 Å². The lowest BCUT2D eigenvalue weighted by atomic mass is 9.75. The molecule has 0 heteroatoms. The van der Waals surface area contributed by atoms with Crippen molar-refractivity contribution in [3.63, 3.8) is 0 Å². The fraction of sp³-hybridized carbons (Fsp3) is 0.889. The zero-order valence-corrected chi connectivity index (χ0v) is 14.1. The van der Waals surface area contributed by atoms with Crippen molar-refractivity contribution in [1.29, 1.82) is 0 Å². The van der Waals surface area contributed by atoms with Gasteiger partial charge < -0.3 is 0 Å². The average Bonchev–Trinajstić information content (AvgIpc) is 2.20. The quantitative estimate of drug-likeness (QED) is 0.456. The second-order valence-corrected chi connectivity index (χ2v) is 8.07. The van der Waals surface area contributed by atoms with Crippen LogP contribution in [0.1, 0.15) is 81.1 Å². The summed E-state index contributed by atoms with van der Waals surface area (Å²) in [6.07, 6.45) is 9.97. The Morgan fingerprint density at radius 3 is 1.94 bits per heavy atom. The van der Waals surface area contributed by atoms with Gasteiger partial charge in [-0.3, -0.25) is 0 Å². The SMILES string of the molecule is CCC(C)(C)CC(CCC=CC(C)(C)C)C(C)C. The van der Waals surface area contributed by atoms with Gasteiger partial charge in [0.1, 0.15) is 0 Å². The van der Waals surface area contributed by atoms with Crippen molar-refractivity contribution < 1.29 is 0 Å². The minimum Gasteiger partial charge on any atom is -0.0880 e. The number of hydrogen-bond donors (Lipinski definition) is 0. The Labute approximate surface area is 116 Å². The maximum atomic E-state index is 2.41. The molecule has 0 aliphatic heterocycles. The van der Waals surface area contributed by atoms with Gasteiger partial charge in [0.25, 0.3) is 0 Å². The summed E-state index contributed by atoms with van der Waals surface area (Å²) in [6.45, 7) is 18.7. The molecular weight excluding hydrogens is 216 g/mol. The molecule has 0 aliphatic rings. The van der Waals surface area contributed by atoms with E-state index in [1.807, 2.05) is 0 Å². The van der Waals surface area contributed by atoms with Crippen molar-refractivity contribution >= 4 is 0 Å². The van der Waals surface area contributed by atoms with Gasteiger partial charge in [-0.05, 0) is 41.9 Å². The summed E-state index contributed by atoms with van der Waals surface area (Å²) in [4.78, 5) is 0. The van der Waals surface area contributed by atoms with Gasteiger partial charge in [-0.2, -0.15) is 0 Å². The number of allylic oxidation sites excluding steroid dienone is 2. The van der Waals surface area contributed by atoms with Crippen molar-refractivity contribution in [3.8, 4) is 0 Å². The van der Waals surface area contributed by atoms with E-state index in [1.165, 1.54) is 25.7 Å². The molecule has 18 heavy (non-hydrogen) atoms. The first-order valence-electron chi connectivity index (χ1n) is 7.75. The molecule has 0 saturated heterocycles. The highest BCUT2D eigenvalue weighted by atomic mass is 14.3. The third-order valence-electron chi connectivity index (χ3n) is 4.04. The Morgan fingerprint density at radius 1 is 1.00 bits per heavy atom. The van der Waals surface area contributed by atoms with Crippen LogP contribution in [0.2, 0.25) is 0 Å². The lowest BCUT2D eigenvalue weighted by Crippen LogP contribution is -2.19. The van der Waals surface area contributed by atoms with Crippen LogP contribution in [0.5, 0.6) is 0 Å². The largest absolute Gasteiger partial charge is 0.0880 e. The average molecular weight is 252 g/mol. The Balaban J connectivity index is 4.27. The molecule has 1 atom stereocenters. The van der Waals surface area contributed by atoms with Crippen molar-refractivity contribution in [1.82, 2.24) is 0 Å². The van der Waals surface area contributed by atoms with E-state index in [0.717, 1.165) is 11.8 Å². The molecule has 0 saturated carbocycles. The lowest BCUT2D eigenvalue weighted by molar-refractivity contribution is 0.208. The highest BCUT2D eigenvalue weighted by Gasteiger charge is 2.23. The third kappa shape index (κ3) is 8.78. The summed E-state index contributed by atoms with van der Waals surface area (Å²) in [7, 11) is 0. The number of hydrogen-bond acceptors (Lipinski definition) is 0. The normalized spacial score (nSPS) is 15.6. The van der Waals surface area contributed by atoms with E-state index in [4.69, 9.17) is 0 Å². The molecule has 0 aliphatic carbocycles. The molecule has 0 heterocycles. The highest BCUT2D eigenvalue weighted by Crippen LogP contribution is 2.34. The van der Waals surface area contributed by atoms with Gasteiger partial charge in [0.05, 0.1) is 0 Å². The molecule has 0 aromatic heterocycles. The first kappa shape index (κ1) is 17.7. The van der Waals surface area contributed by atoms with Gasteiger partial charge >= 0.3 is 0 Å². The minimum atomic E-state index is 0.329. The summed E-state index contributed by atoms with van der Waals surface area (Å²) >= 11 is 0. The van der Waals surface area contributed by atoms with E-state index in [-0.39, 0.29) is 0 Å². The summed E-state index contributed by atoms with van der Waals surface area (Å²) < 4.78 is 0. The maximum absolute atomic E-state index is 2.41. The molecule has 0 amide bonds. The predicted molar refractivity (Wildman–Crippen MR) is 84.8 cm³/mol. The van der Waals surface area contributed by atoms with E-state index >= 15 is 0 Å². The van der Waals surface area contributed by atoms with Crippen LogP contribution >= 0.6 is 0 Å². The van der Waals surface area contributed by atoms with Gasteiger partial charge in [0, 0.05) is 0 Å². The van der Waals surface area contributed by atoms with Crippen LogP contribution in [0, 0.1) is 22.7 Å². The highest BCUT2D eigenvalue weighted by molar-refractivity contribution is 4.92. The zero-order valence-electron chi connectivity index (χ0n) is 14.1. The standard InChI is InChI=1S/C18H36/c1-9-18(7,8)14-16(15(2)3)12-10-11-13-17(4,5)6/h11,13,15-16H,9-10,12,14H2,1-8H3. The molecule has 0 radical (unpaired) electrons. The summed E-state index contributed by atoms with van der Waals surface area (Å²) in [5.74, 6) is 1.67. The van der Waals surface area contributed by atoms with Crippen molar-refractivity contribution in [3.05, 3.63) is 12.2 Å². The molecule has 0 fully saturated rings. The van der Waals surface area contributed by atoms with Crippen molar-refractivity contribution in [2.45, 2.75) is 81.1 Å². The van der Waals surface area contributed by atoms with Crippen LogP contribution in [-0.4, -0.2) is 0 Å². The van der Waals surface area contributed by atoms with E-state index in [0.29, 0.717) is 10.8 Å². The van der Waals surface area contributed by atoms with Gasteiger partial charge in [0.15, 0.2) is 0 Å². The van der Waals surface area contributed by atoms with Crippen LogP contribution in [0.25, 0.3) is 0 Å². The maximum Gasteiger partial charge on any atom is -0.0203 e. The summed E-state index contributed by atoms with van der Waals surface area (Å²) in [5.41, 5.74) is 0.832. The molecule has 0 aromatic carbocycles. The molecule has 0 nitrogen and oxygen atoms in total. The Bertz CT molecular complexity index is 237. The molecule has 0 N–H and O–H groups in total. The fourth-order valence-corrected chi connectivity index (χ4v) is 2.27. The van der Waals surface area contributed by atoms with Gasteiger partial charge in [-0.25, -0.2) is 0 Å². The molecular formula is C18H36. The first-order chi connectivity index (χ1) is 8.07. The van der Waals surface area contributed by atoms with Gasteiger partial charge in [-0.15, -0.1) is 0 Å². The van der Waals surface area contributed by atoms with Crippen LogP contribution < -0.4 is 0 Å². The van der Waals surface area contributed by atoms with Crippen molar-refractivity contribution in [2.75, 3.05) is 0 Å². The van der Waals surface area contributed by atoms with Crippen LogP contribution in [0.4, 0.5) is 0 Å². The molecule has 108 valence electrons. The second-order valence-electron chi connectivity index (χ2n) is 8.07. The zero-order chi connectivity index (χ0) is 14.4. The Morgan fingerprint density at radius 2 is 1.56 bits per heavy atom. The number of rotatable bonds is 7. The summed E-state index contributed by atoms with van der Waals surface area (Å²) in [6, 6.07) is 0. The Hall–Kier alpha value is -0.260. The van der Waals surface area contributed by atoms with Crippen molar-refractivity contribution in [2.24, 2.45) is 22.7 Å². The van der Waals surface area contributed by atoms with E-state index in [9.17, 15) is 0 Å². The first-order valence-corrected chi connectivity index (χ1v) is 7.75. The lowest BCUT2D eigenvalue weighted by Gasteiger charge is -2.31. The molecule has 0 bridgehead atoms. The van der Waals surface area contributed by atoms with Crippen LogP contribution in [0.15, 0.2) is 12.2 Å². The monoisotopic (exact) mass is 252 g/mol. The topological polar surface area (TPSA) is 0 Å². The van der Waals surface area contributed by atoms with E-state index in [2.05, 4.69) is 67.5 Å². The molecule has 0 rings (SSSR count). The molecule has 0 spiro atoms. The third-order valence-corrected chi connectivity index (χ3v) is 4.04. The smallest absolute Gasteiger partial charge is 0.0203 e. The fourth-order valence-electron chi connectivity index (χ4n) is 2.27. The molecule has 1 unspecified atom stereocenters. The van der Waals surface area contributed by atoms with E-state index in [1.54, 1.807) is 0 Å². The second kappa shape index (κ2) is 7.36. The molecule has 0 aromatic rings. The van der Waals surface area contributed by atoms with E-state index < -0.39 is 0 Å².